The molecule has 2 atom stereocenters. The molecule has 0 bridgehead atoms. The van der Waals surface area contributed by atoms with Crippen LogP contribution >= 0.6 is 11.6 Å². The smallest absolute Gasteiger partial charge is 0.110 e. The van der Waals surface area contributed by atoms with E-state index < -0.39 is 12.2 Å². The third-order valence-electron chi connectivity index (χ3n) is 2.03. The molecule has 1 rings (SSSR count). The number of aliphatic hydroxyl groups excluding tert-OH is 2. The van der Waals surface area contributed by atoms with E-state index in [0.29, 0.717) is 10.6 Å². The van der Waals surface area contributed by atoms with Crippen LogP contribution in [0.2, 0.25) is 5.02 Å². The molecule has 0 aliphatic rings. The van der Waals surface area contributed by atoms with E-state index in [4.69, 9.17) is 21.4 Å². The molecule has 0 fully saturated rings. The zero-order chi connectivity index (χ0) is 10.6. The van der Waals surface area contributed by atoms with E-state index in [-0.39, 0.29) is 6.61 Å². The van der Waals surface area contributed by atoms with Gasteiger partial charge < -0.3 is 14.9 Å². The minimum Gasteiger partial charge on any atom is -0.394 e. The maximum atomic E-state index is 9.76. The first kappa shape index (κ1) is 11.5. The highest BCUT2D eigenvalue weighted by Gasteiger charge is 2.19. The lowest BCUT2D eigenvalue weighted by Crippen LogP contribution is -2.24. The largest absolute Gasteiger partial charge is 0.394 e. The van der Waals surface area contributed by atoms with Crippen molar-refractivity contribution < 1.29 is 14.9 Å². The highest BCUT2D eigenvalue weighted by Crippen LogP contribution is 2.21. The number of ether oxygens (including phenoxy) is 1. The molecule has 4 heteroatoms. The molecule has 1 aromatic carbocycles. The van der Waals surface area contributed by atoms with E-state index in [9.17, 15) is 5.11 Å². The summed E-state index contributed by atoms with van der Waals surface area (Å²) in [4.78, 5) is 0. The van der Waals surface area contributed by atoms with Gasteiger partial charge in [0.2, 0.25) is 0 Å². The summed E-state index contributed by atoms with van der Waals surface area (Å²) in [7, 11) is 1.44. The van der Waals surface area contributed by atoms with Gasteiger partial charge in [0.05, 0.1) is 6.61 Å². The quantitative estimate of drug-likeness (QED) is 0.800. The molecule has 0 spiro atoms. The average Bonchev–Trinajstić information content (AvgIpc) is 2.19. The van der Waals surface area contributed by atoms with Gasteiger partial charge in [-0.05, 0) is 17.7 Å². The lowest BCUT2D eigenvalue weighted by atomic mass is 10.1. The first-order chi connectivity index (χ1) is 6.69. The number of halogens is 1. The van der Waals surface area contributed by atoms with Gasteiger partial charge in [-0.25, -0.2) is 0 Å². The third kappa shape index (κ3) is 2.69. The summed E-state index contributed by atoms with van der Waals surface area (Å²) in [5.74, 6) is 0. The maximum Gasteiger partial charge on any atom is 0.110 e. The fraction of sp³-hybridized carbons (Fsp3) is 0.400. The van der Waals surface area contributed by atoms with Crippen LogP contribution in [0.4, 0.5) is 0 Å². The second-order valence-electron chi connectivity index (χ2n) is 2.96. The summed E-state index contributed by atoms with van der Waals surface area (Å²) < 4.78 is 4.91. The number of methoxy groups -OCH3 is 1. The highest BCUT2D eigenvalue weighted by molar-refractivity contribution is 6.30. The molecule has 0 radical (unpaired) electrons. The number of hydrogen-bond acceptors (Lipinski definition) is 3. The molecule has 78 valence electrons. The Morgan fingerprint density at radius 3 is 2.71 bits per heavy atom. The van der Waals surface area contributed by atoms with Gasteiger partial charge >= 0.3 is 0 Å². The molecule has 0 aromatic heterocycles. The Hall–Kier alpha value is -0.610. The highest BCUT2D eigenvalue weighted by atomic mass is 35.5. The van der Waals surface area contributed by atoms with Gasteiger partial charge in [-0.1, -0.05) is 23.7 Å². The molecule has 1 aromatic rings. The minimum absolute atomic E-state index is 0.232. The van der Waals surface area contributed by atoms with Gasteiger partial charge in [-0.3, -0.25) is 0 Å². The SMILES string of the molecule is COC(CO)C(O)c1cccc(Cl)c1. The van der Waals surface area contributed by atoms with E-state index in [0.717, 1.165) is 0 Å². The van der Waals surface area contributed by atoms with E-state index in [2.05, 4.69) is 0 Å². The summed E-state index contributed by atoms with van der Waals surface area (Å²) in [5.41, 5.74) is 0.637. The van der Waals surface area contributed by atoms with Gasteiger partial charge in [0, 0.05) is 12.1 Å². The number of benzene rings is 1. The predicted octanol–water partition coefficient (Wildman–Crippen LogP) is 1.38. The van der Waals surface area contributed by atoms with E-state index in [1.807, 2.05) is 0 Å². The monoisotopic (exact) mass is 216 g/mol. The Kier molecular flexibility index (Phi) is 4.35. The Labute approximate surface area is 87.9 Å². The fourth-order valence-electron chi connectivity index (χ4n) is 1.21. The molecule has 0 amide bonds. The number of hydrogen-bond donors (Lipinski definition) is 2. The minimum atomic E-state index is -0.858. The molecule has 14 heavy (non-hydrogen) atoms. The molecule has 2 N–H and O–H groups in total. The van der Waals surface area contributed by atoms with Gasteiger partial charge in [-0.2, -0.15) is 0 Å². The molecular weight excluding hydrogens is 204 g/mol. The van der Waals surface area contributed by atoms with Crippen LogP contribution in [-0.2, 0) is 4.74 Å². The van der Waals surface area contributed by atoms with Crippen molar-refractivity contribution in [1.82, 2.24) is 0 Å². The zero-order valence-corrected chi connectivity index (χ0v) is 8.61. The van der Waals surface area contributed by atoms with Crippen molar-refractivity contribution in [3.8, 4) is 0 Å². The predicted molar refractivity (Wildman–Crippen MR) is 54.3 cm³/mol. The van der Waals surface area contributed by atoms with Gasteiger partial charge in [-0.15, -0.1) is 0 Å². The van der Waals surface area contributed by atoms with Crippen LogP contribution in [0.5, 0.6) is 0 Å². The van der Waals surface area contributed by atoms with Crippen LogP contribution < -0.4 is 0 Å². The van der Waals surface area contributed by atoms with Crippen LogP contribution in [0.1, 0.15) is 11.7 Å². The van der Waals surface area contributed by atoms with Crippen molar-refractivity contribution in [1.29, 1.82) is 0 Å². The molecule has 0 heterocycles. The standard InChI is InChI=1S/C10H13ClO3/c1-14-9(6-12)10(13)7-3-2-4-8(11)5-7/h2-5,9-10,12-13H,6H2,1H3. The first-order valence-electron chi connectivity index (χ1n) is 4.26. The van der Waals surface area contributed by atoms with Crippen LogP contribution in [0.3, 0.4) is 0 Å². The fourth-order valence-corrected chi connectivity index (χ4v) is 1.41. The van der Waals surface area contributed by atoms with Gasteiger partial charge in [0.25, 0.3) is 0 Å². The van der Waals surface area contributed by atoms with Crippen LogP contribution in [0.15, 0.2) is 24.3 Å². The Morgan fingerprint density at radius 1 is 1.50 bits per heavy atom. The number of rotatable bonds is 4. The first-order valence-corrected chi connectivity index (χ1v) is 4.64. The average molecular weight is 217 g/mol. The van der Waals surface area contributed by atoms with Crippen molar-refractivity contribution in [2.75, 3.05) is 13.7 Å². The lowest BCUT2D eigenvalue weighted by molar-refractivity contribution is -0.0424. The Balaban J connectivity index is 2.82. The van der Waals surface area contributed by atoms with Crippen molar-refractivity contribution in [2.24, 2.45) is 0 Å². The normalized spacial score (nSPS) is 15.1. The van der Waals surface area contributed by atoms with Gasteiger partial charge in [0.15, 0.2) is 0 Å². The summed E-state index contributed by atoms with van der Waals surface area (Å²) in [6.07, 6.45) is -1.47. The molecular formula is C10H13ClO3. The Bertz CT molecular complexity index is 286. The van der Waals surface area contributed by atoms with Gasteiger partial charge in [0.1, 0.15) is 12.2 Å². The molecule has 2 unspecified atom stereocenters. The van der Waals surface area contributed by atoms with Crippen molar-refractivity contribution in [2.45, 2.75) is 12.2 Å². The zero-order valence-electron chi connectivity index (χ0n) is 7.85. The molecule has 0 aliphatic heterocycles. The second kappa shape index (κ2) is 5.32. The Morgan fingerprint density at radius 2 is 2.21 bits per heavy atom. The van der Waals surface area contributed by atoms with Crippen molar-refractivity contribution in [3.05, 3.63) is 34.9 Å². The van der Waals surface area contributed by atoms with Crippen LogP contribution in [0, 0.1) is 0 Å². The lowest BCUT2D eigenvalue weighted by Gasteiger charge is -2.19. The van der Waals surface area contributed by atoms with Crippen LogP contribution in [0.25, 0.3) is 0 Å². The van der Waals surface area contributed by atoms with E-state index in [1.165, 1.54) is 7.11 Å². The van der Waals surface area contributed by atoms with E-state index >= 15 is 0 Å². The van der Waals surface area contributed by atoms with E-state index in [1.54, 1.807) is 24.3 Å². The molecule has 0 saturated carbocycles. The summed E-state index contributed by atoms with van der Waals surface area (Å²) in [6, 6.07) is 6.84. The molecule has 0 saturated heterocycles. The molecule has 3 nitrogen and oxygen atoms in total. The van der Waals surface area contributed by atoms with Crippen LogP contribution in [-0.4, -0.2) is 30.0 Å². The van der Waals surface area contributed by atoms with Crippen molar-refractivity contribution >= 4 is 11.6 Å². The summed E-state index contributed by atoms with van der Waals surface area (Å²) >= 11 is 5.77. The second-order valence-corrected chi connectivity index (χ2v) is 3.39. The number of aliphatic hydroxyl groups is 2. The summed E-state index contributed by atoms with van der Waals surface area (Å²) in [5, 5.41) is 19.2. The maximum absolute atomic E-state index is 9.76. The van der Waals surface area contributed by atoms with Crippen molar-refractivity contribution in [3.63, 3.8) is 0 Å². The topological polar surface area (TPSA) is 49.7 Å². The summed E-state index contributed by atoms with van der Waals surface area (Å²) in [6.45, 7) is -0.232. The molecule has 0 aliphatic carbocycles. The third-order valence-corrected chi connectivity index (χ3v) is 2.26.